The summed E-state index contributed by atoms with van der Waals surface area (Å²) < 4.78 is 7.19. The number of hydroxylamine groups is 1. The van der Waals surface area contributed by atoms with Crippen molar-refractivity contribution in [2.45, 2.75) is 0 Å². The van der Waals surface area contributed by atoms with E-state index in [1.54, 1.807) is 0 Å². The average Bonchev–Trinajstić information content (AvgIpc) is 2.55. The molecule has 70 valence electrons. The summed E-state index contributed by atoms with van der Waals surface area (Å²) in [5.74, 6) is -1.79. The fraction of sp³-hybridized carbons (Fsp3) is 0.200. The van der Waals surface area contributed by atoms with Gasteiger partial charge in [0.15, 0.2) is 12.3 Å². The van der Waals surface area contributed by atoms with Crippen molar-refractivity contribution >= 4 is 23.6 Å². The van der Waals surface area contributed by atoms with Gasteiger partial charge < -0.3 is 5.11 Å². The van der Waals surface area contributed by atoms with Crippen molar-refractivity contribution in [1.29, 1.82) is 0 Å². The summed E-state index contributed by atoms with van der Waals surface area (Å²) in [4.78, 5) is 25.2. The number of hydrogen-bond acceptors (Lipinski definition) is 6. The largest absolute Gasteiger partial charge is 0.479 e. The Morgan fingerprint density at radius 1 is 1.69 bits per heavy atom. The van der Waals surface area contributed by atoms with Gasteiger partial charge >= 0.3 is 5.97 Å². The van der Waals surface area contributed by atoms with Crippen molar-refractivity contribution in [3.8, 4) is 0 Å². The zero-order valence-electron chi connectivity index (χ0n) is 6.26. The van der Waals surface area contributed by atoms with Crippen molar-refractivity contribution in [2.24, 2.45) is 0 Å². The molecule has 0 aliphatic heterocycles. The molecule has 0 radical (unpaired) electrons. The van der Waals surface area contributed by atoms with Crippen LogP contribution in [0.2, 0.25) is 0 Å². The molecule has 1 rings (SSSR count). The van der Waals surface area contributed by atoms with Gasteiger partial charge in [-0.3, -0.25) is 9.63 Å². The van der Waals surface area contributed by atoms with E-state index in [1.807, 2.05) is 5.48 Å². The summed E-state index contributed by atoms with van der Waals surface area (Å²) in [6.45, 7) is -0.594. The van der Waals surface area contributed by atoms with Crippen molar-refractivity contribution in [1.82, 2.24) is 14.2 Å². The molecule has 1 aromatic rings. The Balaban J connectivity index is 2.31. The number of nitrogens with one attached hydrogen (secondary N) is 1. The SMILES string of the molecule is O=C(O)CONC(=O)c1cnsn1. The summed E-state index contributed by atoms with van der Waals surface area (Å²) in [6.07, 6.45) is 1.25. The first kappa shape index (κ1) is 9.55. The summed E-state index contributed by atoms with van der Waals surface area (Å²) in [5.41, 5.74) is 1.99. The topological polar surface area (TPSA) is 101 Å². The number of nitrogens with zero attached hydrogens (tertiary/aromatic N) is 2. The third-order valence-electron chi connectivity index (χ3n) is 0.954. The van der Waals surface area contributed by atoms with Crippen molar-refractivity contribution in [3.63, 3.8) is 0 Å². The van der Waals surface area contributed by atoms with Crippen LogP contribution in [0.3, 0.4) is 0 Å². The number of carboxylic acid groups (broad SMARTS) is 1. The third kappa shape index (κ3) is 3.13. The van der Waals surface area contributed by atoms with Crippen LogP contribution in [0.25, 0.3) is 0 Å². The fourth-order valence-electron chi connectivity index (χ4n) is 0.480. The van der Waals surface area contributed by atoms with E-state index in [9.17, 15) is 9.59 Å². The molecule has 0 saturated heterocycles. The van der Waals surface area contributed by atoms with E-state index in [0.29, 0.717) is 0 Å². The highest BCUT2D eigenvalue weighted by Gasteiger charge is 2.08. The molecule has 0 spiro atoms. The molecular formula is C5H5N3O4S. The molecule has 1 amide bonds. The first-order chi connectivity index (χ1) is 6.20. The number of rotatable bonds is 4. The van der Waals surface area contributed by atoms with E-state index in [-0.39, 0.29) is 5.69 Å². The van der Waals surface area contributed by atoms with Gasteiger partial charge in [0.25, 0.3) is 5.91 Å². The van der Waals surface area contributed by atoms with Crippen molar-refractivity contribution in [2.75, 3.05) is 6.61 Å². The standard InChI is InChI=1S/C5H5N3O4S/c9-4(10)2-12-7-5(11)3-1-6-13-8-3/h1H,2H2,(H,7,11)(H,9,10). The zero-order valence-corrected chi connectivity index (χ0v) is 7.08. The van der Waals surface area contributed by atoms with E-state index in [4.69, 9.17) is 5.11 Å². The average molecular weight is 203 g/mol. The lowest BCUT2D eigenvalue weighted by atomic mass is 10.5. The van der Waals surface area contributed by atoms with Gasteiger partial charge in [-0.05, 0) is 0 Å². The Kier molecular flexibility index (Phi) is 3.29. The minimum Gasteiger partial charge on any atom is -0.479 e. The Bertz CT molecular complexity index is 299. The molecule has 0 aromatic carbocycles. The summed E-state index contributed by atoms with van der Waals surface area (Å²) >= 11 is 0.875. The summed E-state index contributed by atoms with van der Waals surface area (Å²) in [6, 6.07) is 0. The second-order valence-electron chi connectivity index (χ2n) is 1.91. The molecule has 7 nitrogen and oxygen atoms in total. The van der Waals surface area contributed by atoms with E-state index in [1.165, 1.54) is 6.20 Å². The van der Waals surface area contributed by atoms with Crippen LogP contribution in [0, 0.1) is 0 Å². The minimum absolute atomic E-state index is 0.0930. The molecule has 2 N–H and O–H groups in total. The number of amides is 1. The minimum atomic E-state index is -1.17. The van der Waals surface area contributed by atoms with Crippen LogP contribution in [-0.4, -0.2) is 32.3 Å². The highest BCUT2D eigenvalue weighted by atomic mass is 32.1. The monoisotopic (exact) mass is 203 g/mol. The van der Waals surface area contributed by atoms with Crippen LogP contribution in [0.4, 0.5) is 0 Å². The predicted octanol–water partition coefficient (Wildman–Crippen LogP) is -0.716. The van der Waals surface area contributed by atoms with Crippen LogP contribution < -0.4 is 5.48 Å². The zero-order chi connectivity index (χ0) is 9.68. The fourth-order valence-corrected chi connectivity index (χ4v) is 0.892. The highest BCUT2D eigenvalue weighted by Crippen LogP contribution is 1.93. The number of aromatic nitrogens is 2. The van der Waals surface area contributed by atoms with Crippen LogP contribution >= 0.6 is 11.7 Å². The van der Waals surface area contributed by atoms with Gasteiger partial charge in [0.05, 0.1) is 17.9 Å². The number of aliphatic carboxylic acids is 1. The van der Waals surface area contributed by atoms with Gasteiger partial charge in [-0.1, -0.05) is 0 Å². The lowest BCUT2D eigenvalue weighted by molar-refractivity contribution is -0.144. The summed E-state index contributed by atoms with van der Waals surface area (Å²) in [5, 5.41) is 8.15. The smallest absolute Gasteiger partial charge is 0.332 e. The number of hydrogen-bond donors (Lipinski definition) is 2. The van der Waals surface area contributed by atoms with E-state index < -0.39 is 18.5 Å². The van der Waals surface area contributed by atoms with Gasteiger partial charge in [0.1, 0.15) is 0 Å². The van der Waals surface area contributed by atoms with Gasteiger partial charge in [-0.15, -0.1) is 0 Å². The molecule has 0 saturated carbocycles. The quantitative estimate of drug-likeness (QED) is 0.626. The van der Waals surface area contributed by atoms with Crippen molar-refractivity contribution in [3.05, 3.63) is 11.9 Å². The van der Waals surface area contributed by atoms with Crippen LogP contribution in [0.15, 0.2) is 6.20 Å². The first-order valence-corrected chi connectivity index (χ1v) is 3.84. The summed E-state index contributed by atoms with van der Waals surface area (Å²) in [7, 11) is 0. The molecule has 0 bridgehead atoms. The molecule has 0 fully saturated rings. The van der Waals surface area contributed by atoms with E-state index >= 15 is 0 Å². The molecule has 0 aliphatic rings. The molecule has 1 heterocycles. The van der Waals surface area contributed by atoms with Gasteiger partial charge in [-0.25, -0.2) is 10.3 Å². The van der Waals surface area contributed by atoms with Crippen LogP contribution in [-0.2, 0) is 9.63 Å². The number of carbonyl (C=O) groups is 2. The first-order valence-electron chi connectivity index (χ1n) is 3.11. The van der Waals surface area contributed by atoms with Gasteiger partial charge in [0, 0.05) is 0 Å². The van der Waals surface area contributed by atoms with Crippen LogP contribution in [0.1, 0.15) is 10.5 Å². The third-order valence-corrected chi connectivity index (χ3v) is 1.43. The Morgan fingerprint density at radius 3 is 3.00 bits per heavy atom. The Morgan fingerprint density at radius 2 is 2.46 bits per heavy atom. The molecule has 13 heavy (non-hydrogen) atoms. The Hall–Kier alpha value is -1.54. The van der Waals surface area contributed by atoms with E-state index in [2.05, 4.69) is 13.6 Å². The highest BCUT2D eigenvalue weighted by molar-refractivity contribution is 6.99. The molecular weight excluding hydrogens is 198 g/mol. The number of carboxylic acids is 1. The second-order valence-corrected chi connectivity index (χ2v) is 2.46. The maximum Gasteiger partial charge on any atom is 0.332 e. The number of carbonyl (C=O) groups excluding carboxylic acids is 1. The Labute approximate surface area is 76.6 Å². The molecule has 0 atom stereocenters. The lowest BCUT2D eigenvalue weighted by Gasteiger charge is -1.99. The molecule has 0 aliphatic carbocycles. The maximum atomic E-state index is 11.0. The lowest BCUT2D eigenvalue weighted by Crippen LogP contribution is -2.26. The van der Waals surface area contributed by atoms with Gasteiger partial charge in [-0.2, -0.15) is 8.75 Å². The van der Waals surface area contributed by atoms with E-state index in [0.717, 1.165) is 11.7 Å². The van der Waals surface area contributed by atoms with Gasteiger partial charge in [0.2, 0.25) is 0 Å². The molecule has 1 aromatic heterocycles. The van der Waals surface area contributed by atoms with Crippen molar-refractivity contribution < 1.29 is 19.5 Å². The second kappa shape index (κ2) is 4.48. The maximum absolute atomic E-state index is 11.0. The normalized spacial score (nSPS) is 9.54. The molecule has 8 heteroatoms. The van der Waals surface area contributed by atoms with Crippen LogP contribution in [0.5, 0.6) is 0 Å². The molecule has 0 unspecified atom stereocenters. The predicted molar refractivity (Wildman–Crippen MR) is 41.0 cm³/mol.